The first-order valence-corrected chi connectivity index (χ1v) is 6.20. The molecule has 0 fully saturated rings. The zero-order chi connectivity index (χ0) is 11.5. The van der Waals surface area contributed by atoms with Gasteiger partial charge in [-0.05, 0) is 30.4 Å². The summed E-state index contributed by atoms with van der Waals surface area (Å²) in [5, 5.41) is 0. The molecule has 2 N–H and O–H groups in total. The van der Waals surface area contributed by atoms with Gasteiger partial charge in [-0.15, -0.1) is 0 Å². The Kier molecular flexibility index (Phi) is 3.49. The average Bonchev–Trinajstić information content (AvgIpc) is 2.69. The molecule has 88 valence electrons. The van der Waals surface area contributed by atoms with E-state index < -0.39 is 0 Å². The van der Waals surface area contributed by atoms with Crippen LogP contribution in [0.1, 0.15) is 32.3 Å². The quantitative estimate of drug-likeness (QED) is 0.845. The van der Waals surface area contributed by atoms with E-state index in [4.69, 9.17) is 10.5 Å². The van der Waals surface area contributed by atoms with Crippen LogP contribution in [0.2, 0.25) is 0 Å². The Labute approximate surface area is 97.8 Å². The number of hydrogen-bond donors (Lipinski definition) is 1. The van der Waals surface area contributed by atoms with Crippen LogP contribution in [0.3, 0.4) is 0 Å². The molecule has 0 saturated carbocycles. The minimum Gasteiger partial charge on any atom is -0.490 e. The van der Waals surface area contributed by atoms with E-state index in [1.807, 2.05) is 6.07 Å². The van der Waals surface area contributed by atoms with E-state index >= 15 is 0 Å². The fourth-order valence-corrected chi connectivity index (χ4v) is 2.38. The van der Waals surface area contributed by atoms with E-state index in [1.54, 1.807) is 0 Å². The van der Waals surface area contributed by atoms with Gasteiger partial charge in [0.05, 0.1) is 0 Å². The van der Waals surface area contributed by atoms with Gasteiger partial charge in [-0.1, -0.05) is 32.0 Å². The van der Waals surface area contributed by atoms with Crippen LogP contribution < -0.4 is 10.5 Å². The molecule has 0 amide bonds. The van der Waals surface area contributed by atoms with Gasteiger partial charge in [0.2, 0.25) is 0 Å². The summed E-state index contributed by atoms with van der Waals surface area (Å²) in [5.74, 6) is 1.59. The number of para-hydroxylation sites is 1. The first-order valence-electron chi connectivity index (χ1n) is 6.20. The second-order valence-electron chi connectivity index (χ2n) is 4.84. The maximum absolute atomic E-state index is 6.04. The monoisotopic (exact) mass is 219 g/mol. The summed E-state index contributed by atoms with van der Waals surface area (Å²) in [5.41, 5.74) is 7.38. The van der Waals surface area contributed by atoms with E-state index in [2.05, 4.69) is 32.0 Å². The summed E-state index contributed by atoms with van der Waals surface area (Å²) in [6.45, 7) is 4.37. The highest BCUT2D eigenvalue weighted by Gasteiger charge is 2.25. The van der Waals surface area contributed by atoms with Gasteiger partial charge in [-0.3, -0.25) is 0 Å². The lowest BCUT2D eigenvalue weighted by atomic mass is 9.93. The van der Waals surface area contributed by atoms with Crippen molar-refractivity contribution in [1.29, 1.82) is 0 Å². The zero-order valence-corrected chi connectivity index (χ0v) is 10.1. The minimum atomic E-state index is 0.298. The lowest BCUT2D eigenvalue weighted by Crippen LogP contribution is -2.31. The second kappa shape index (κ2) is 4.88. The van der Waals surface area contributed by atoms with Gasteiger partial charge in [0, 0.05) is 12.5 Å². The Morgan fingerprint density at radius 1 is 1.44 bits per heavy atom. The molecule has 0 aromatic heterocycles. The van der Waals surface area contributed by atoms with Crippen LogP contribution in [0, 0.1) is 5.92 Å². The summed E-state index contributed by atoms with van der Waals surface area (Å²) >= 11 is 0. The minimum absolute atomic E-state index is 0.298. The standard InChI is InChI=1S/C14H21NO/c1-3-13(15)10(2)8-12-9-11-6-4-5-7-14(11)16-12/h4-7,10,12-13H,3,8-9,15H2,1-2H3. The topological polar surface area (TPSA) is 35.2 Å². The molecule has 0 saturated heterocycles. The Bertz CT molecular complexity index is 325. The summed E-state index contributed by atoms with van der Waals surface area (Å²) in [6.07, 6.45) is 3.46. The van der Waals surface area contributed by atoms with E-state index in [9.17, 15) is 0 Å². The van der Waals surface area contributed by atoms with Crippen LogP contribution >= 0.6 is 0 Å². The fourth-order valence-electron chi connectivity index (χ4n) is 2.38. The van der Waals surface area contributed by atoms with Gasteiger partial charge in [0.1, 0.15) is 11.9 Å². The van der Waals surface area contributed by atoms with Crippen molar-refractivity contribution in [3.05, 3.63) is 29.8 Å². The molecule has 2 nitrogen and oxygen atoms in total. The van der Waals surface area contributed by atoms with E-state index in [0.717, 1.165) is 25.0 Å². The number of fused-ring (bicyclic) bond motifs is 1. The van der Waals surface area contributed by atoms with Crippen LogP contribution in [0.25, 0.3) is 0 Å². The number of hydrogen-bond acceptors (Lipinski definition) is 2. The van der Waals surface area contributed by atoms with E-state index in [-0.39, 0.29) is 0 Å². The van der Waals surface area contributed by atoms with E-state index in [1.165, 1.54) is 5.56 Å². The molecule has 3 atom stereocenters. The van der Waals surface area contributed by atoms with Crippen LogP contribution in [-0.4, -0.2) is 12.1 Å². The molecule has 0 radical (unpaired) electrons. The first-order chi connectivity index (χ1) is 7.70. The summed E-state index contributed by atoms with van der Waals surface area (Å²) < 4.78 is 5.92. The zero-order valence-electron chi connectivity index (χ0n) is 10.1. The molecule has 1 aromatic rings. The Hall–Kier alpha value is -1.02. The molecule has 2 heteroatoms. The predicted molar refractivity (Wildman–Crippen MR) is 66.6 cm³/mol. The third-order valence-corrected chi connectivity index (χ3v) is 3.55. The summed E-state index contributed by atoms with van der Waals surface area (Å²) in [6, 6.07) is 8.61. The van der Waals surface area contributed by atoms with Gasteiger partial charge >= 0.3 is 0 Å². The van der Waals surface area contributed by atoms with Gasteiger partial charge in [-0.25, -0.2) is 0 Å². The van der Waals surface area contributed by atoms with Crippen molar-refractivity contribution in [3.8, 4) is 5.75 Å². The van der Waals surface area contributed by atoms with Crippen LogP contribution in [0.5, 0.6) is 5.75 Å². The van der Waals surface area contributed by atoms with Gasteiger partial charge in [0.15, 0.2) is 0 Å². The van der Waals surface area contributed by atoms with Crippen molar-refractivity contribution in [3.63, 3.8) is 0 Å². The maximum atomic E-state index is 6.04. The third-order valence-electron chi connectivity index (χ3n) is 3.55. The van der Waals surface area contributed by atoms with Crippen molar-refractivity contribution in [2.75, 3.05) is 0 Å². The maximum Gasteiger partial charge on any atom is 0.123 e. The van der Waals surface area contributed by atoms with Gasteiger partial charge in [-0.2, -0.15) is 0 Å². The van der Waals surface area contributed by atoms with Crippen LogP contribution in [0.15, 0.2) is 24.3 Å². The Morgan fingerprint density at radius 3 is 2.88 bits per heavy atom. The molecular formula is C14H21NO. The first kappa shape index (κ1) is 11.5. The Balaban J connectivity index is 1.92. The summed E-state index contributed by atoms with van der Waals surface area (Å²) in [7, 11) is 0. The highest BCUT2D eigenvalue weighted by molar-refractivity contribution is 5.37. The normalized spacial score (nSPS) is 22.3. The van der Waals surface area contributed by atoms with Crippen molar-refractivity contribution in [1.82, 2.24) is 0 Å². The lowest BCUT2D eigenvalue weighted by Gasteiger charge is -2.21. The molecule has 0 bridgehead atoms. The molecule has 1 heterocycles. The molecule has 16 heavy (non-hydrogen) atoms. The van der Waals surface area contributed by atoms with Crippen molar-refractivity contribution in [2.45, 2.75) is 45.3 Å². The number of ether oxygens (including phenoxy) is 1. The highest BCUT2D eigenvalue weighted by Crippen LogP contribution is 2.31. The van der Waals surface area contributed by atoms with Gasteiger partial charge in [0.25, 0.3) is 0 Å². The SMILES string of the molecule is CCC(N)C(C)CC1Cc2ccccc2O1. The number of nitrogens with two attached hydrogens (primary N) is 1. The third kappa shape index (κ3) is 2.38. The summed E-state index contributed by atoms with van der Waals surface area (Å²) in [4.78, 5) is 0. The lowest BCUT2D eigenvalue weighted by molar-refractivity contribution is 0.188. The second-order valence-corrected chi connectivity index (χ2v) is 4.84. The van der Waals surface area contributed by atoms with Crippen molar-refractivity contribution in [2.24, 2.45) is 11.7 Å². The smallest absolute Gasteiger partial charge is 0.123 e. The van der Waals surface area contributed by atoms with Crippen molar-refractivity contribution >= 4 is 0 Å². The number of benzene rings is 1. The van der Waals surface area contributed by atoms with Crippen molar-refractivity contribution < 1.29 is 4.74 Å². The molecule has 1 aliphatic rings. The molecule has 1 aliphatic heterocycles. The average molecular weight is 219 g/mol. The van der Waals surface area contributed by atoms with Crippen LogP contribution in [0.4, 0.5) is 0 Å². The predicted octanol–water partition coefficient (Wildman–Crippen LogP) is 2.75. The molecular weight excluding hydrogens is 198 g/mol. The largest absolute Gasteiger partial charge is 0.490 e. The Morgan fingerprint density at radius 2 is 2.19 bits per heavy atom. The highest BCUT2D eigenvalue weighted by atomic mass is 16.5. The van der Waals surface area contributed by atoms with Gasteiger partial charge < -0.3 is 10.5 Å². The molecule has 1 aromatic carbocycles. The fraction of sp³-hybridized carbons (Fsp3) is 0.571. The molecule has 2 rings (SSSR count). The number of rotatable bonds is 4. The van der Waals surface area contributed by atoms with Crippen LogP contribution in [-0.2, 0) is 6.42 Å². The molecule has 0 spiro atoms. The van der Waals surface area contributed by atoms with E-state index in [0.29, 0.717) is 18.1 Å². The molecule has 3 unspecified atom stereocenters. The molecule has 0 aliphatic carbocycles.